The molecule has 4 nitrogen and oxygen atoms in total. The number of benzene rings is 1. The second-order valence-electron chi connectivity index (χ2n) is 6.45. The van der Waals surface area contributed by atoms with E-state index in [1.165, 1.54) is 4.88 Å². The second kappa shape index (κ2) is 8.94. The monoisotopic (exact) mass is 421 g/mol. The molecule has 2 aromatic rings. The average molecular weight is 422 g/mol. The largest absolute Gasteiger partial charge is 0.325 e. The Morgan fingerprint density at radius 3 is 2.64 bits per heavy atom. The van der Waals surface area contributed by atoms with Crippen molar-refractivity contribution >= 4 is 38.9 Å². The molecule has 1 amide bonds. The normalized spacial score (nSPS) is 16.1. The quantitative estimate of drug-likeness (QED) is 0.773. The highest BCUT2D eigenvalue weighted by Gasteiger charge is 2.19. The van der Waals surface area contributed by atoms with Crippen LogP contribution in [0.25, 0.3) is 0 Å². The third-order valence-corrected chi connectivity index (χ3v) is 5.98. The molecule has 2 heterocycles. The summed E-state index contributed by atoms with van der Waals surface area (Å²) in [6.45, 7) is 7.57. The van der Waals surface area contributed by atoms with Crippen LogP contribution in [0.3, 0.4) is 0 Å². The number of carbonyl (C=O) groups is 1. The van der Waals surface area contributed by atoms with Crippen molar-refractivity contribution in [2.45, 2.75) is 13.3 Å². The molecule has 0 unspecified atom stereocenters. The second-order valence-corrected chi connectivity index (χ2v) is 8.40. The van der Waals surface area contributed by atoms with E-state index in [4.69, 9.17) is 0 Å². The van der Waals surface area contributed by atoms with E-state index in [0.717, 1.165) is 54.9 Å². The molecule has 1 aliphatic heterocycles. The Kier molecular flexibility index (Phi) is 6.64. The minimum absolute atomic E-state index is 0.0671. The van der Waals surface area contributed by atoms with Gasteiger partial charge in [0.2, 0.25) is 5.91 Å². The summed E-state index contributed by atoms with van der Waals surface area (Å²) in [6, 6.07) is 10.2. The van der Waals surface area contributed by atoms with Gasteiger partial charge in [0.1, 0.15) is 0 Å². The summed E-state index contributed by atoms with van der Waals surface area (Å²) in [5, 5.41) is 5.16. The van der Waals surface area contributed by atoms with Gasteiger partial charge in [0.05, 0.1) is 6.54 Å². The minimum Gasteiger partial charge on any atom is -0.325 e. The van der Waals surface area contributed by atoms with Gasteiger partial charge in [-0.1, -0.05) is 22.0 Å². The van der Waals surface area contributed by atoms with Crippen LogP contribution in [0.5, 0.6) is 0 Å². The Labute approximate surface area is 162 Å². The third-order valence-electron chi connectivity index (χ3n) is 4.55. The van der Waals surface area contributed by atoms with Gasteiger partial charge < -0.3 is 10.2 Å². The average Bonchev–Trinajstić information content (AvgIpc) is 3.10. The molecule has 6 heteroatoms. The Morgan fingerprint density at radius 2 is 1.96 bits per heavy atom. The van der Waals surface area contributed by atoms with Crippen LogP contribution < -0.4 is 5.32 Å². The number of amides is 1. The Balaban J connectivity index is 1.40. The lowest BCUT2D eigenvalue weighted by molar-refractivity contribution is -0.117. The standard InChI is InChI=1S/C19H24BrN3OS/c1-15-13-16(20)4-5-18(15)21-19(24)14-23-10-8-22(9-11-23)7-6-17-3-2-12-25-17/h2-5,12-13H,6-11,14H2,1H3,(H,21,24). The number of halogens is 1. The van der Waals surface area contributed by atoms with E-state index in [9.17, 15) is 4.79 Å². The molecule has 3 rings (SSSR count). The summed E-state index contributed by atoms with van der Waals surface area (Å²) in [6.07, 6.45) is 1.13. The molecular weight excluding hydrogens is 398 g/mol. The van der Waals surface area contributed by atoms with E-state index in [1.54, 1.807) is 0 Å². The van der Waals surface area contributed by atoms with Crippen molar-refractivity contribution in [3.63, 3.8) is 0 Å². The molecule has 134 valence electrons. The van der Waals surface area contributed by atoms with Crippen molar-refractivity contribution in [2.75, 3.05) is 44.6 Å². The van der Waals surface area contributed by atoms with Gasteiger partial charge in [0.15, 0.2) is 0 Å². The van der Waals surface area contributed by atoms with Crippen molar-refractivity contribution in [1.82, 2.24) is 9.80 Å². The molecule has 1 saturated heterocycles. The van der Waals surface area contributed by atoms with E-state index in [0.29, 0.717) is 6.54 Å². The molecule has 25 heavy (non-hydrogen) atoms. The summed E-state index contributed by atoms with van der Waals surface area (Å²) in [7, 11) is 0. The van der Waals surface area contributed by atoms with Crippen LogP contribution in [0.1, 0.15) is 10.4 Å². The molecule has 0 spiro atoms. The molecule has 1 aromatic carbocycles. The SMILES string of the molecule is Cc1cc(Br)ccc1NC(=O)CN1CCN(CCc2cccs2)CC1. The zero-order valence-corrected chi connectivity index (χ0v) is 16.9. The van der Waals surface area contributed by atoms with Gasteiger partial charge in [-0.2, -0.15) is 0 Å². The number of aryl methyl sites for hydroxylation is 1. The van der Waals surface area contributed by atoms with E-state index in [1.807, 2.05) is 36.5 Å². The van der Waals surface area contributed by atoms with E-state index < -0.39 is 0 Å². The van der Waals surface area contributed by atoms with Crippen molar-refractivity contribution < 1.29 is 4.79 Å². The fourth-order valence-electron chi connectivity index (χ4n) is 3.05. The molecule has 0 aliphatic carbocycles. The first-order valence-electron chi connectivity index (χ1n) is 8.63. The Bertz CT molecular complexity index is 697. The summed E-state index contributed by atoms with van der Waals surface area (Å²) in [5.41, 5.74) is 1.96. The van der Waals surface area contributed by atoms with Crippen LogP contribution in [-0.2, 0) is 11.2 Å². The number of rotatable bonds is 6. The maximum Gasteiger partial charge on any atom is 0.238 e. The van der Waals surface area contributed by atoms with Crippen LogP contribution in [0, 0.1) is 6.92 Å². The summed E-state index contributed by atoms with van der Waals surface area (Å²) >= 11 is 5.28. The highest BCUT2D eigenvalue weighted by atomic mass is 79.9. The predicted molar refractivity (Wildman–Crippen MR) is 108 cm³/mol. The molecule has 0 saturated carbocycles. The van der Waals surface area contributed by atoms with E-state index >= 15 is 0 Å². The van der Waals surface area contributed by atoms with Gasteiger partial charge in [0.25, 0.3) is 0 Å². The molecule has 1 N–H and O–H groups in total. The zero-order chi connectivity index (χ0) is 17.6. The molecule has 1 aliphatic rings. The molecular formula is C19H24BrN3OS. The van der Waals surface area contributed by atoms with Crippen molar-refractivity contribution in [2.24, 2.45) is 0 Å². The van der Waals surface area contributed by atoms with Crippen LogP contribution in [0.2, 0.25) is 0 Å². The van der Waals surface area contributed by atoms with Crippen molar-refractivity contribution in [3.8, 4) is 0 Å². The Morgan fingerprint density at radius 1 is 1.20 bits per heavy atom. The fraction of sp³-hybridized carbons (Fsp3) is 0.421. The van der Waals surface area contributed by atoms with Gasteiger partial charge in [-0.25, -0.2) is 0 Å². The molecule has 0 radical (unpaired) electrons. The van der Waals surface area contributed by atoms with Crippen molar-refractivity contribution in [1.29, 1.82) is 0 Å². The first-order valence-corrected chi connectivity index (χ1v) is 10.3. The minimum atomic E-state index is 0.0671. The lowest BCUT2D eigenvalue weighted by atomic mass is 10.2. The molecule has 1 aromatic heterocycles. The van der Waals surface area contributed by atoms with Gasteiger partial charge in [-0.05, 0) is 48.6 Å². The number of thiophene rings is 1. The fourth-order valence-corrected chi connectivity index (χ4v) is 4.23. The maximum atomic E-state index is 12.3. The van der Waals surface area contributed by atoms with Gasteiger partial charge in [0, 0.05) is 47.8 Å². The predicted octanol–water partition coefficient (Wildman–Crippen LogP) is 3.62. The third kappa shape index (κ3) is 5.64. The number of nitrogens with zero attached hydrogens (tertiary/aromatic N) is 2. The smallest absolute Gasteiger partial charge is 0.238 e. The number of nitrogens with one attached hydrogen (secondary N) is 1. The Hall–Kier alpha value is -1.21. The lowest BCUT2D eigenvalue weighted by Crippen LogP contribution is -2.49. The first-order chi connectivity index (χ1) is 12.1. The van der Waals surface area contributed by atoms with E-state index in [2.05, 4.69) is 48.6 Å². The molecule has 1 fully saturated rings. The van der Waals surface area contributed by atoms with Gasteiger partial charge in [-0.3, -0.25) is 9.69 Å². The van der Waals surface area contributed by atoms with E-state index in [-0.39, 0.29) is 5.91 Å². The maximum absolute atomic E-state index is 12.3. The van der Waals surface area contributed by atoms with Crippen LogP contribution in [0.15, 0.2) is 40.2 Å². The lowest BCUT2D eigenvalue weighted by Gasteiger charge is -2.34. The summed E-state index contributed by atoms with van der Waals surface area (Å²) in [5.74, 6) is 0.0671. The highest BCUT2D eigenvalue weighted by molar-refractivity contribution is 9.10. The number of hydrogen-bond donors (Lipinski definition) is 1. The number of carbonyl (C=O) groups excluding carboxylic acids is 1. The molecule has 0 atom stereocenters. The van der Waals surface area contributed by atoms with Gasteiger partial charge >= 0.3 is 0 Å². The van der Waals surface area contributed by atoms with Crippen LogP contribution in [-0.4, -0.2) is 55.0 Å². The number of piperazine rings is 1. The van der Waals surface area contributed by atoms with Gasteiger partial charge in [-0.15, -0.1) is 11.3 Å². The highest BCUT2D eigenvalue weighted by Crippen LogP contribution is 2.20. The zero-order valence-electron chi connectivity index (χ0n) is 14.5. The molecule has 0 bridgehead atoms. The van der Waals surface area contributed by atoms with Crippen LogP contribution in [0.4, 0.5) is 5.69 Å². The van der Waals surface area contributed by atoms with Crippen LogP contribution >= 0.6 is 27.3 Å². The number of hydrogen-bond acceptors (Lipinski definition) is 4. The number of anilines is 1. The summed E-state index contributed by atoms with van der Waals surface area (Å²) in [4.78, 5) is 18.5. The summed E-state index contributed by atoms with van der Waals surface area (Å²) < 4.78 is 1.03. The van der Waals surface area contributed by atoms with Crippen molar-refractivity contribution in [3.05, 3.63) is 50.6 Å². The first kappa shape index (κ1) is 18.6. The topological polar surface area (TPSA) is 35.6 Å².